The zero-order valence-electron chi connectivity index (χ0n) is 15.2. The minimum Gasteiger partial charge on any atom is -0.370 e. The highest BCUT2D eigenvalue weighted by Crippen LogP contribution is 2.20. The average Bonchev–Trinajstić information content (AvgIpc) is 2.55. The Bertz CT molecular complexity index is 418. The molecule has 0 aromatic heterocycles. The van der Waals surface area contributed by atoms with Crippen LogP contribution in [0.25, 0.3) is 0 Å². The number of guanidine groups is 1. The van der Waals surface area contributed by atoms with Gasteiger partial charge in [0.1, 0.15) is 0 Å². The van der Waals surface area contributed by atoms with E-state index in [9.17, 15) is 4.79 Å². The van der Waals surface area contributed by atoms with Gasteiger partial charge < -0.3 is 20.9 Å². The SMILES string of the molecule is CCN1CCCC(CNC(=NC)N2CCCC(CC(N)=O)C2)C1.I. The first-order valence-electron chi connectivity index (χ1n) is 9.08. The minimum atomic E-state index is -0.193. The number of nitrogens with one attached hydrogen (secondary N) is 1. The van der Waals surface area contributed by atoms with Gasteiger partial charge in [0.25, 0.3) is 0 Å². The number of hydrogen-bond acceptors (Lipinski definition) is 3. The Morgan fingerprint density at radius 1 is 1.21 bits per heavy atom. The number of likely N-dealkylation sites (tertiary alicyclic amines) is 2. The van der Waals surface area contributed by atoms with Gasteiger partial charge in [-0.2, -0.15) is 0 Å². The van der Waals surface area contributed by atoms with Crippen molar-refractivity contribution in [3.8, 4) is 0 Å². The first-order chi connectivity index (χ1) is 11.1. The molecule has 0 aromatic rings. The van der Waals surface area contributed by atoms with Crippen molar-refractivity contribution in [3.63, 3.8) is 0 Å². The summed E-state index contributed by atoms with van der Waals surface area (Å²) in [6, 6.07) is 0. The largest absolute Gasteiger partial charge is 0.370 e. The molecule has 2 aliphatic heterocycles. The Morgan fingerprint density at radius 2 is 1.92 bits per heavy atom. The predicted molar refractivity (Wildman–Crippen MR) is 110 cm³/mol. The molecule has 2 rings (SSSR count). The maximum absolute atomic E-state index is 11.2. The van der Waals surface area contributed by atoms with Gasteiger partial charge >= 0.3 is 0 Å². The fourth-order valence-electron chi connectivity index (χ4n) is 3.88. The van der Waals surface area contributed by atoms with Crippen molar-refractivity contribution in [3.05, 3.63) is 0 Å². The van der Waals surface area contributed by atoms with Crippen LogP contribution in [0.2, 0.25) is 0 Å². The van der Waals surface area contributed by atoms with E-state index in [0.29, 0.717) is 18.3 Å². The highest BCUT2D eigenvalue weighted by Gasteiger charge is 2.24. The number of carbonyl (C=O) groups excluding carboxylic acids is 1. The van der Waals surface area contributed by atoms with Crippen molar-refractivity contribution < 1.29 is 4.79 Å². The molecule has 7 heteroatoms. The van der Waals surface area contributed by atoms with Gasteiger partial charge in [-0.1, -0.05) is 6.92 Å². The fourth-order valence-corrected chi connectivity index (χ4v) is 3.88. The third-order valence-electron chi connectivity index (χ3n) is 5.12. The number of aliphatic imine (C=N–C) groups is 1. The molecule has 0 saturated carbocycles. The van der Waals surface area contributed by atoms with E-state index >= 15 is 0 Å². The maximum atomic E-state index is 11.2. The van der Waals surface area contributed by atoms with Crippen LogP contribution in [0.3, 0.4) is 0 Å². The summed E-state index contributed by atoms with van der Waals surface area (Å²) in [6.07, 6.45) is 5.27. The van der Waals surface area contributed by atoms with Crippen LogP contribution >= 0.6 is 24.0 Å². The Kier molecular flexibility index (Phi) is 9.95. The molecule has 1 amide bonds. The number of nitrogens with two attached hydrogens (primary N) is 1. The van der Waals surface area contributed by atoms with Gasteiger partial charge in [0.2, 0.25) is 5.91 Å². The molecule has 0 aromatic carbocycles. The second kappa shape index (κ2) is 11.1. The Labute approximate surface area is 163 Å². The molecule has 0 aliphatic carbocycles. The molecule has 140 valence electrons. The van der Waals surface area contributed by atoms with Crippen molar-refractivity contribution in [2.24, 2.45) is 22.6 Å². The first-order valence-corrected chi connectivity index (χ1v) is 9.08. The lowest BCUT2D eigenvalue weighted by molar-refractivity contribution is -0.119. The molecule has 2 heterocycles. The van der Waals surface area contributed by atoms with E-state index < -0.39 is 0 Å². The normalized spacial score (nSPS) is 25.9. The molecule has 2 unspecified atom stereocenters. The van der Waals surface area contributed by atoms with Crippen LogP contribution in [-0.4, -0.2) is 68.0 Å². The van der Waals surface area contributed by atoms with Gasteiger partial charge in [-0.3, -0.25) is 9.79 Å². The van der Waals surface area contributed by atoms with Crippen molar-refractivity contribution in [2.75, 3.05) is 46.3 Å². The number of carbonyl (C=O) groups is 1. The van der Waals surface area contributed by atoms with E-state index in [1.54, 1.807) is 0 Å². The number of piperidine rings is 2. The molecule has 3 N–H and O–H groups in total. The van der Waals surface area contributed by atoms with E-state index in [4.69, 9.17) is 5.73 Å². The van der Waals surface area contributed by atoms with E-state index in [1.807, 2.05) is 7.05 Å². The summed E-state index contributed by atoms with van der Waals surface area (Å²) in [6.45, 7) is 8.69. The predicted octanol–water partition coefficient (Wildman–Crippen LogP) is 1.50. The third-order valence-corrected chi connectivity index (χ3v) is 5.12. The molecule has 0 bridgehead atoms. The summed E-state index contributed by atoms with van der Waals surface area (Å²) in [4.78, 5) is 20.4. The van der Waals surface area contributed by atoms with Gasteiger partial charge in [-0.15, -0.1) is 24.0 Å². The summed E-state index contributed by atoms with van der Waals surface area (Å²) in [5, 5.41) is 3.56. The number of amides is 1. The lowest BCUT2D eigenvalue weighted by atomic mass is 9.94. The van der Waals surface area contributed by atoms with Crippen LogP contribution in [0.4, 0.5) is 0 Å². The number of primary amides is 1. The molecule has 2 fully saturated rings. The summed E-state index contributed by atoms with van der Waals surface area (Å²) in [7, 11) is 1.85. The lowest BCUT2D eigenvalue weighted by Gasteiger charge is -2.36. The van der Waals surface area contributed by atoms with Gasteiger partial charge in [0.15, 0.2) is 5.96 Å². The highest BCUT2D eigenvalue weighted by molar-refractivity contribution is 14.0. The van der Waals surface area contributed by atoms with Gasteiger partial charge in [-0.05, 0) is 50.6 Å². The number of halogens is 1. The molecule has 0 radical (unpaired) electrons. The third kappa shape index (κ3) is 6.74. The van der Waals surface area contributed by atoms with Crippen LogP contribution in [0, 0.1) is 11.8 Å². The van der Waals surface area contributed by atoms with Crippen LogP contribution < -0.4 is 11.1 Å². The summed E-state index contributed by atoms with van der Waals surface area (Å²) >= 11 is 0. The standard InChI is InChI=1S/C17H33N5O.HI/c1-3-21-8-4-7-15(12-21)11-20-17(19-2)22-9-5-6-14(13-22)10-16(18)23;/h14-15H,3-13H2,1-2H3,(H2,18,23)(H,19,20);1H. The van der Waals surface area contributed by atoms with Gasteiger partial charge in [0.05, 0.1) is 0 Å². The van der Waals surface area contributed by atoms with Crippen LogP contribution in [0.1, 0.15) is 39.0 Å². The fraction of sp³-hybridized carbons (Fsp3) is 0.882. The van der Waals surface area contributed by atoms with Crippen LogP contribution in [0.5, 0.6) is 0 Å². The van der Waals surface area contributed by atoms with Crippen molar-refractivity contribution in [1.29, 1.82) is 0 Å². The Hall–Kier alpha value is -0.570. The maximum Gasteiger partial charge on any atom is 0.217 e. The van der Waals surface area contributed by atoms with Crippen LogP contribution in [-0.2, 0) is 4.79 Å². The Balaban J connectivity index is 0.00000288. The summed E-state index contributed by atoms with van der Waals surface area (Å²) in [5.41, 5.74) is 5.35. The lowest BCUT2D eigenvalue weighted by Crippen LogP contribution is -2.49. The zero-order chi connectivity index (χ0) is 16.7. The monoisotopic (exact) mass is 451 g/mol. The molecule has 0 spiro atoms. The minimum absolute atomic E-state index is 0. The zero-order valence-corrected chi connectivity index (χ0v) is 17.5. The molecular weight excluding hydrogens is 417 g/mol. The molecule has 2 aliphatic rings. The van der Waals surface area contributed by atoms with Crippen molar-refractivity contribution in [1.82, 2.24) is 15.1 Å². The average molecular weight is 451 g/mol. The van der Waals surface area contributed by atoms with Crippen molar-refractivity contribution >= 4 is 35.8 Å². The molecular formula is C17H34IN5O. The van der Waals surface area contributed by atoms with Crippen LogP contribution in [0.15, 0.2) is 4.99 Å². The summed E-state index contributed by atoms with van der Waals surface area (Å²) in [5.74, 6) is 1.85. The molecule has 6 nitrogen and oxygen atoms in total. The molecule has 24 heavy (non-hydrogen) atoms. The van der Waals surface area contributed by atoms with Gasteiger partial charge in [0, 0.05) is 39.6 Å². The van der Waals surface area contributed by atoms with Crippen molar-refractivity contribution in [2.45, 2.75) is 39.0 Å². The summed E-state index contributed by atoms with van der Waals surface area (Å²) < 4.78 is 0. The number of rotatable bonds is 5. The quantitative estimate of drug-likeness (QED) is 0.378. The van der Waals surface area contributed by atoms with Gasteiger partial charge in [-0.25, -0.2) is 0 Å². The van der Waals surface area contributed by atoms with E-state index in [-0.39, 0.29) is 29.9 Å². The first kappa shape index (κ1) is 21.5. The number of hydrogen-bond donors (Lipinski definition) is 2. The van der Waals surface area contributed by atoms with E-state index in [0.717, 1.165) is 45.0 Å². The highest BCUT2D eigenvalue weighted by atomic mass is 127. The number of nitrogens with zero attached hydrogens (tertiary/aromatic N) is 3. The topological polar surface area (TPSA) is 74.0 Å². The van der Waals surface area contributed by atoms with E-state index in [2.05, 4.69) is 27.0 Å². The smallest absolute Gasteiger partial charge is 0.217 e. The second-order valence-electron chi connectivity index (χ2n) is 6.95. The second-order valence-corrected chi connectivity index (χ2v) is 6.95. The van der Waals surface area contributed by atoms with E-state index in [1.165, 1.54) is 25.9 Å². The Morgan fingerprint density at radius 3 is 2.58 bits per heavy atom. The molecule has 2 saturated heterocycles. The molecule has 2 atom stereocenters.